The van der Waals surface area contributed by atoms with E-state index in [-0.39, 0.29) is 11.9 Å². The van der Waals surface area contributed by atoms with E-state index in [1.165, 1.54) is 12.8 Å². The molecule has 1 unspecified atom stereocenters. The Hall–Kier alpha value is -1.88. The molecule has 2 rings (SSSR count). The third kappa shape index (κ3) is 4.84. The van der Waals surface area contributed by atoms with Gasteiger partial charge in [-0.1, -0.05) is 30.3 Å². The van der Waals surface area contributed by atoms with Crippen LogP contribution in [0.25, 0.3) is 0 Å². The molecule has 1 aliphatic rings. The van der Waals surface area contributed by atoms with Crippen LogP contribution >= 0.6 is 0 Å². The van der Waals surface area contributed by atoms with Crippen molar-refractivity contribution < 1.29 is 9.59 Å². The zero-order valence-corrected chi connectivity index (χ0v) is 13.1. The molecule has 0 spiro atoms. The van der Waals surface area contributed by atoms with Gasteiger partial charge >= 0.3 is 0 Å². The summed E-state index contributed by atoms with van der Waals surface area (Å²) in [4.78, 5) is 26.1. The average molecular weight is 303 g/mol. The van der Waals surface area contributed by atoms with E-state index in [0.717, 1.165) is 18.7 Å². The predicted octanol–water partition coefficient (Wildman–Crippen LogP) is 1.07. The third-order valence-corrected chi connectivity index (χ3v) is 4.21. The van der Waals surface area contributed by atoms with Gasteiger partial charge < -0.3 is 16.0 Å². The van der Waals surface area contributed by atoms with Crippen LogP contribution in [0.1, 0.15) is 31.7 Å². The fourth-order valence-electron chi connectivity index (χ4n) is 2.91. The van der Waals surface area contributed by atoms with Crippen LogP contribution in [-0.2, 0) is 16.0 Å². The number of carbonyl (C=O) groups excluding carboxylic acids is 2. The van der Waals surface area contributed by atoms with Gasteiger partial charge in [-0.15, -0.1) is 0 Å². The van der Waals surface area contributed by atoms with Crippen molar-refractivity contribution >= 4 is 11.8 Å². The van der Waals surface area contributed by atoms with Crippen molar-refractivity contribution in [2.24, 2.45) is 5.73 Å². The molecule has 1 aliphatic heterocycles. The molecule has 1 saturated heterocycles. The molecule has 1 aromatic carbocycles. The molecule has 2 amide bonds. The molecule has 1 fully saturated rings. The van der Waals surface area contributed by atoms with Crippen LogP contribution in [0.3, 0.4) is 0 Å². The molecule has 0 bridgehead atoms. The first kappa shape index (κ1) is 16.5. The van der Waals surface area contributed by atoms with E-state index in [2.05, 4.69) is 17.1 Å². The van der Waals surface area contributed by atoms with E-state index in [1.54, 1.807) is 0 Å². The van der Waals surface area contributed by atoms with Gasteiger partial charge in [-0.2, -0.15) is 0 Å². The topological polar surface area (TPSA) is 75.4 Å². The van der Waals surface area contributed by atoms with Gasteiger partial charge in [0, 0.05) is 18.9 Å². The van der Waals surface area contributed by atoms with Crippen LogP contribution < -0.4 is 11.1 Å². The first-order valence-electron chi connectivity index (χ1n) is 7.93. The highest BCUT2D eigenvalue weighted by molar-refractivity contribution is 5.87. The minimum atomic E-state index is -0.652. The average Bonchev–Trinajstić information content (AvgIpc) is 3.01. The number of likely N-dealkylation sites (tertiary alicyclic amines) is 1. The quantitative estimate of drug-likeness (QED) is 0.791. The van der Waals surface area contributed by atoms with Crippen LogP contribution in [0.5, 0.6) is 0 Å². The number of nitrogens with two attached hydrogens (primary N) is 1. The van der Waals surface area contributed by atoms with E-state index in [9.17, 15) is 9.59 Å². The molecular formula is C17H25N3O2. The molecule has 0 saturated carbocycles. The summed E-state index contributed by atoms with van der Waals surface area (Å²) in [5.74, 6) is -0.606. The van der Waals surface area contributed by atoms with Gasteiger partial charge in [-0.05, 0) is 38.4 Å². The highest BCUT2D eigenvalue weighted by Gasteiger charge is 2.23. The van der Waals surface area contributed by atoms with Crippen molar-refractivity contribution in [2.75, 3.05) is 13.1 Å². The molecular weight excluding hydrogens is 278 g/mol. The van der Waals surface area contributed by atoms with E-state index in [1.807, 2.05) is 30.3 Å². The monoisotopic (exact) mass is 303 g/mol. The first-order chi connectivity index (χ1) is 10.6. The van der Waals surface area contributed by atoms with Crippen molar-refractivity contribution in [2.45, 2.75) is 44.7 Å². The fourth-order valence-corrected chi connectivity index (χ4v) is 2.91. The Bertz CT molecular complexity index is 498. The standard InChI is InChI=1S/C17H25N3O2/c1-13(20-9-5-6-10-20)11-16(21)19-15(17(18)22)12-14-7-3-2-4-8-14/h2-4,7-8,13,15H,5-6,9-12H2,1H3,(H2,18,22)(H,19,21)/t13-,15?/m1/s1. The van der Waals surface area contributed by atoms with Crippen LogP contribution in [0, 0.1) is 0 Å². The summed E-state index contributed by atoms with van der Waals surface area (Å²) in [6.07, 6.45) is 3.23. The number of nitrogens with zero attached hydrogens (tertiary/aromatic N) is 1. The molecule has 22 heavy (non-hydrogen) atoms. The van der Waals surface area contributed by atoms with Crippen molar-refractivity contribution in [3.63, 3.8) is 0 Å². The van der Waals surface area contributed by atoms with Gasteiger partial charge in [0.15, 0.2) is 0 Å². The maximum Gasteiger partial charge on any atom is 0.240 e. The summed E-state index contributed by atoms with van der Waals surface area (Å²) >= 11 is 0. The van der Waals surface area contributed by atoms with Gasteiger partial charge in [0.1, 0.15) is 6.04 Å². The van der Waals surface area contributed by atoms with Crippen molar-refractivity contribution in [1.82, 2.24) is 10.2 Å². The summed E-state index contributed by atoms with van der Waals surface area (Å²) in [5, 5.41) is 2.78. The van der Waals surface area contributed by atoms with Crippen LogP contribution in [-0.4, -0.2) is 41.9 Å². The van der Waals surface area contributed by atoms with Gasteiger partial charge in [-0.3, -0.25) is 9.59 Å². The Balaban J connectivity index is 1.87. The smallest absolute Gasteiger partial charge is 0.240 e. The second-order valence-corrected chi connectivity index (χ2v) is 6.01. The van der Waals surface area contributed by atoms with Crippen molar-refractivity contribution in [3.8, 4) is 0 Å². The molecule has 2 atom stereocenters. The third-order valence-electron chi connectivity index (χ3n) is 4.21. The van der Waals surface area contributed by atoms with Crippen molar-refractivity contribution in [1.29, 1.82) is 0 Å². The van der Waals surface area contributed by atoms with Crippen LogP contribution in [0.4, 0.5) is 0 Å². The molecule has 0 radical (unpaired) electrons. The number of hydrogen-bond acceptors (Lipinski definition) is 3. The summed E-state index contributed by atoms with van der Waals surface area (Å²) in [6.45, 7) is 4.16. The molecule has 1 aromatic rings. The number of rotatable bonds is 7. The Morgan fingerprint density at radius 2 is 1.86 bits per heavy atom. The molecule has 0 aliphatic carbocycles. The molecule has 120 valence electrons. The number of nitrogens with one attached hydrogen (secondary N) is 1. The molecule has 3 N–H and O–H groups in total. The van der Waals surface area contributed by atoms with E-state index in [4.69, 9.17) is 5.73 Å². The lowest BCUT2D eigenvalue weighted by Crippen LogP contribution is -2.47. The molecule has 5 heteroatoms. The Labute approximate surface area is 131 Å². The van der Waals surface area contributed by atoms with Gasteiger partial charge in [0.25, 0.3) is 0 Å². The van der Waals surface area contributed by atoms with Gasteiger partial charge in [0.05, 0.1) is 0 Å². The lowest BCUT2D eigenvalue weighted by Gasteiger charge is -2.24. The van der Waals surface area contributed by atoms with Gasteiger partial charge in [-0.25, -0.2) is 0 Å². The Morgan fingerprint density at radius 1 is 1.23 bits per heavy atom. The lowest BCUT2D eigenvalue weighted by molar-refractivity contribution is -0.128. The van der Waals surface area contributed by atoms with E-state index < -0.39 is 11.9 Å². The predicted molar refractivity (Wildman–Crippen MR) is 86.2 cm³/mol. The summed E-state index contributed by atoms with van der Waals surface area (Å²) in [5.41, 5.74) is 6.41. The normalized spacial score (nSPS) is 17.9. The minimum Gasteiger partial charge on any atom is -0.368 e. The highest BCUT2D eigenvalue weighted by Crippen LogP contribution is 2.13. The fraction of sp³-hybridized carbons (Fsp3) is 0.529. The lowest BCUT2D eigenvalue weighted by atomic mass is 10.0. The summed E-state index contributed by atoms with van der Waals surface area (Å²) in [6, 6.07) is 9.13. The van der Waals surface area contributed by atoms with Crippen LogP contribution in [0.2, 0.25) is 0 Å². The number of amides is 2. The number of benzene rings is 1. The Kier molecular flexibility index (Phi) is 5.95. The molecule has 5 nitrogen and oxygen atoms in total. The Morgan fingerprint density at radius 3 is 2.45 bits per heavy atom. The van der Waals surface area contributed by atoms with E-state index >= 15 is 0 Å². The first-order valence-corrected chi connectivity index (χ1v) is 7.93. The number of primary amides is 1. The molecule has 1 heterocycles. The summed E-state index contributed by atoms with van der Waals surface area (Å²) < 4.78 is 0. The highest BCUT2D eigenvalue weighted by atomic mass is 16.2. The zero-order chi connectivity index (χ0) is 15.9. The summed E-state index contributed by atoms with van der Waals surface area (Å²) in [7, 11) is 0. The van der Waals surface area contributed by atoms with Gasteiger partial charge in [0.2, 0.25) is 11.8 Å². The van der Waals surface area contributed by atoms with Crippen LogP contribution in [0.15, 0.2) is 30.3 Å². The second-order valence-electron chi connectivity index (χ2n) is 6.01. The maximum absolute atomic E-state index is 12.2. The van der Waals surface area contributed by atoms with Crippen molar-refractivity contribution in [3.05, 3.63) is 35.9 Å². The maximum atomic E-state index is 12.2. The minimum absolute atomic E-state index is 0.112. The number of carbonyl (C=O) groups is 2. The number of hydrogen-bond donors (Lipinski definition) is 2. The molecule has 0 aromatic heterocycles. The second kappa shape index (κ2) is 7.94. The largest absolute Gasteiger partial charge is 0.368 e. The zero-order valence-electron chi connectivity index (χ0n) is 13.1. The SMILES string of the molecule is C[C@H](CC(=O)NC(Cc1ccccc1)C(N)=O)N1CCCC1. The van der Waals surface area contributed by atoms with E-state index in [0.29, 0.717) is 12.8 Å².